The molecule has 7 heteroatoms. The van der Waals surface area contributed by atoms with E-state index in [1.54, 1.807) is 4.57 Å². The van der Waals surface area contributed by atoms with E-state index in [1.807, 2.05) is 17.6 Å². The average Bonchev–Trinajstić information content (AvgIpc) is 3.23. The fourth-order valence-electron chi connectivity index (χ4n) is 3.87. The molecule has 2 N–H and O–H groups in total. The topological polar surface area (TPSA) is 85.0 Å². The van der Waals surface area contributed by atoms with Crippen molar-refractivity contribution < 1.29 is 5.11 Å². The van der Waals surface area contributed by atoms with E-state index >= 15 is 0 Å². The highest BCUT2D eigenvalue weighted by Crippen LogP contribution is 2.36. The number of fused-ring (bicyclic) bond motifs is 3. The van der Waals surface area contributed by atoms with Gasteiger partial charge in [0, 0.05) is 19.1 Å². The predicted molar refractivity (Wildman–Crippen MR) is 101 cm³/mol. The second-order valence-electron chi connectivity index (χ2n) is 7.79. The minimum absolute atomic E-state index is 0.00944. The monoisotopic (exact) mass is 357 g/mol. The molecule has 3 aliphatic heterocycles. The number of anilines is 1. The summed E-state index contributed by atoms with van der Waals surface area (Å²) in [7, 11) is 0. The van der Waals surface area contributed by atoms with Gasteiger partial charge in [-0.2, -0.15) is 0 Å². The highest BCUT2D eigenvalue weighted by molar-refractivity contribution is 5.74. The normalized spacial score (nSPS) is 25.2. The van der Waals surface area contributed by atoms with Gasteiger partial charge in [-0.3, -0.25) is 9.13 Å². The summed E-state index contributed by atoms with van der Waals surface area (Å²) in [6.45, 7) is 7.36. The molecule has 7 nitrogen and oxygen atoms in total. The van der Waals surface area contributed by atoms with E-state index in [1.165, 1.54) is 0 Å². The molecule has 3 heterocycles. The first-order valence-electron chi connectivity index (χ1n) is 9.63. The number of aromatic nitrogens is 4. The van der Waals surface area contributed by atoms with Crippen molar-refractivity contribution in [1.29, 1.82) is 0 Å². The molecular weight excluding hydrogens is 330 g/mol. The Morgan fingerprint density at radius 1 is 1.38 bits per heavy atom. The van der Waals surface area contributed by atoms with Gasteiger partial charge in [-0.25, -0.2) is 14.8 Å². The van der Waals surface area contributed by atoms with E-state index < -0.39 is 5.60 Å². The Morgan fingerprint density at radius 2 is 2.19 bits per heavy atom. The SMILES string of the molecule is CCCn1c2nc(C3=CCC(C)(O)CC3)nc-2c2n(c1=O)C[C@H](CC)N2. The van der Waals surface area contributed by atoms with Gasteiger partial charge in [0.15, 0.2) is 11.6 Å². The Hall–Kier alpha value is -2.15. The lowest BCUT2D eigenvalue weighted by Crippen LogP contribution is -2.32. The van der Waals surface area contributed by atoms with Crippen LogP contribution >= 0.6 is 0 Å². The average molecular weight is 357 g/mol. The zero-order chi connectivity index (χ0) is 18.5. The van der Waals surface area contributed by atoms with Crippen LogP contribution in [0.15, 0.2) is 10.9 Å². The maximum atomic E-state index is 13.0. The van der Waals surface area contributed by atoms with E-state index in [0.29, 0.717) is 37.6 Å². The van der Waals surface area contributed by atoms with Crippen LogP contribution in [0.4, 0.5) is 5.82 Å². The summed E-state index contributed by atoms with van der Waals surface area (Å²) in [5.41, 5.74) is 1.19. The van der Waals surface area contributed by atoms with Gasteiger partial charge in [-0.15, -0.1) is 0 Å². The largest absolute Gasteiger partial charge is 0.390 e. The van der Waals surface area contributed by atoms with E-state index in [2.05, 4.69) is 19.2 Å². The summed E-state index contributed by atoms with van der Waals surface area (Å²) >= 11 is 0. The molecule has 0 amide bonds. The number of aliphatic hydroxyl groups is 1. The molecular formula is C19H27N5O2. The molecule has 1 unspecified atom stereocenters. The molecule has 0 saturated carbocycles. The molecule has 4 rings (SSSR count). The third-order valence-corrected chi connectivity index (χ3v) is 5.55. The van der Waals surface area contributed by atoms with Crippen LogP contribution < -0.4 is 11.0 Å². The van der Waals surface area contributed by atoms with Gasteiger partial charge in [0.2, 0.25) is 0 Å². The minimum Gasteiger partial charge on any atom is -0.390 e. The van der Waals surface area contributed by atoms with E-state index in [-0.39, 0.29) is 11.7 Å². The number of imidazole rings is 1. The Kier molecular flexibility index (Phi) is 4.14. The third-order valence-electron chi connectivity index (χ3n) is 5.55. The fraction of sp³-hybridized carbons (Fsp3) is 0.632. The van der Waals surface area contributed by atoms with Crippen molar-refractivity contribution in [3.63, 3.8) is 0 Å². The minimum atomic E-state index is -0.646. The predicted octanol–water partition coefficient (Wildman–Crippen LogP) is 2.48. The van der Waals surface area contributed by atoms with Crippen molar-refractivity contribution in [1.82, 2.24) is 19.1 Å². The summed E-state index contributed by atoms with van der Waals surface area (Å²) in [4.78, 5) is 22.5. The van der Waals surface area contributed by atoms with Crippen molar-refractivity contribution in [3.05, 3.63) is 22.4 Å². The van der Waals surface area contributed by atoms with E-state index in [9.17, 15) is 9.90 Å². The van der Waals surface area contributed by atoms with Gasteiger partial charge in [0.1, 0.15) is 11.5 Å². The Bertz CT molecular complexity index is 892. The maximum absolute atomic E-state index is 13.0. The number of nitrogens with one attached hydrogen (secondary N) is 1. The van der Waals surface area contributed by atoms with Crippen molar-refractivity contribution in [2.24, 2.45) is 0 Å². The summed E-state index contributed by atoms with van der Waals surface area (Å²) < 4.78 is 3.57. The molecule has 0 aromatic heterocycles. The lowest BCUT2D eigenvalue weighted by Gasteiger charge is -2.26. The molecule has 0 bridgehead atoms. The molecule has 0 spiro atoms. The van der Waals surface area contributed by atoms with Crippen LogP contribution in [0.3, 0.4) is 0 Å². The van der Waals surface area contributed by atoms with Gasteiger partial charge in [-0.1, -0.05) is 19.9 Å². The lowest BCUT2D eigenvalue weighted by atomic mass is 9.87. The molecule has 26 heavy (non-hydrogen) atoms. The highest BCUT2D eigenvalue weighted by Gasteiger charge is 2.32. The fourth-order valence-corrected chi connectivity index (χ4v) is 3.87. The Morgan fingerprint density at radius 3 is 2.85 bits per heavy atom. The van der Waals surface area contributed by atoms with Crippen molar-refractivity contribution >= 4 is 11.4 Å². The van der Waals surface area contributed by atoms with Crippen LogP contribution in [0.1, 0.15) is 58.7 Å². The van der Waals surface area contributed by atoms with Gasteiger partial charge in [-0.05, 0) is 44.6 Å². The smallest absolute Gasteiger partial charge is 0.331 e. The first kappa shape index (κ1) is 17.3. The molecule has 0 aromatic carbocycles. The molecule has 0 saturated heterocycles. The van der Waals surface area contributed by atoms with Crippen LogP contribution in [0.25, 0.3) is 17.1 Å². The Balaban J connectivity index is 1.85. The number of nitrogens with zero attached hydrogens (tertiary/aromatic N) is 4. The first-order chi connectivity index (χ1) is 12.4. The molecule has 1 aliphatic carbocycles. The van der Waals surface area contributed by atoms with Crippen LogP contribution in [0, 0.1) is 0 Å². The molecule has 2 atom stereocenters. The quantitative estimate of drug-likeness (QED) is 0.878. The molecule has 4 aliphatic rings. The van der Waals surface area contributed by atoms with Gasteiger partial charge in [0.05, 0.1) is 5.60 Å². The van der Waals surface area contributed by atoms with Crippen LogP contribution in [0.2, 0.25) is 0 Å². The summed E-state index contributed by atoms with van der Waals surface area (Å²) in [6.07, 6.45) is 5.92. The van der Waals surface area contributed by atoms with Crippen LogP contribution in [-0.4, -0.2) is 35.9 Å². The molecule has 0 radical (unpaired) electrons. The zero-order valence-electron chi connectivity index (χ0n) is 15.7. The zero-order valence-corrected chi connectivity index (χ0v) is 15.7. The van der Waals surface area contributed by atoms with Gasteiger partial charge >= 0.3 is 5.69 Å². The molecule has 0 fully saturated rings. The first-order valence-corrected chi connectivity index (χ1v) is 9.63. The van der Waals surface area contributed by atoms with Crippen molar-refractivity contribution in [3.8, 4) is 11.5 Å². The van der Waals surface area contributed by atoms with Gasteiger partial charge < -0.3 is 10.4 Å². The summed E-state index contributed by atoms with van der Waals surface area (Å²) in [5, 5.41) is 13.6. The number of allylic oxidation sites excluding steroid dienone is 1. The third kappa shape index (κ3) is 2.74. The summed E-state index contributed by atoms with van der Waals surface area (Å²) in [5.74, 6) is 2.16. The molecule has 0 aromatic rings. The van der Waals surface area contributed by atoms with Gasteiger partial charge in [0.25, 0.3) is 0 Å². The Labute approximate surface area is 153 Å². The van der Waals surface area contributed by atoms with Crippen molar-refractivity contribution in [2.45, 2.75) is 77.6 Å². The molecule has 140 valence electrons. The number of hydrogen-bond acceptors (Lipinski definition) is 5. The summed E-state index contributed by atoms with van der Waals surface area (Å²) in [6, 6.07) is 0.257. The van der Waals surface area contributed by atoms with E-state index in [4.69, 9.17) is 9.97 Å². The second kappa shape index (κ2) is 6.23. The maximum Gasteiger partial charge on any atom is 0.331 e. The second-order valence-corrected chi connectivity index (χ2v) is 7.79. The van der Waals surface area contributed by atoms with Crippen molar-refractivity contribution in [2.75, 3.05) is 5.32 Å². The van der Waals surface area contributed by atoms with Crippen LogP contribution in [0.5, 0.6) is 0 Å². The van der Waals surface area contributed by atoms with E-state index in [0.717, 1.165) is 36.3 Å². The van der Waals surface area contributed by atoms with Crippen LogP contribution in [-0.2, 0) is 13.1 Å². The number of rotatable bonds is 4. The number of hydrogen-bond donors (Lipinski definition) is 2. The lowest BCUT2D eigenvalue weighted by molar-refractivity contribution is 0.0523. The highest BCUT2D eigenvalue weighted by atomic mass is 16.3. The standard InChI is InChI=1S/C19H27N5O2/c1-4-10-23-17-14(16-20-13(5-2)11-24(16)18(23)25)21-15(22-17)12-6-8-19(3,26)9-7-12/h6,13,20,26H,4-5,7-11H2,1-3H3/t13-,19?/m0/s1.